The van der Waals surface area contributed by atoms with Crippen LogP contribution < -0.4 is 5.32 Å². The van der Waals surface area contributed by atoms with Gasteiger partial charge in [0.2, 0.25) is 0 Å². The molecule has 2 heterocycles. The van der Waals surface area contributed by atoms with Gasteiger partial charge >= 0.3 is 0 Å². The molecule has 1 atom stereocenters. The average molecular weight is 278 g/mol. The summed E-state index contributed by atoms with van der Waals surface area (Å²) in [6.45, 7) is 5.10. The molecule has 110 valence electrons. The number of halogens is 1. The highest BCUT2D eigenvalue weighted by Crippen LogP contribution is 2.17. The van der Waals surface area contributed by atoms with Crippen LogP contribution in [0.25, 0.3) is 0 Å². The Morgan fingerprint density at radius 3 is 2.85 bits per heavy atom. The van der Waals surface area contributed by atoms with Crippen molar-refractivity contribution in [1.82, 2.24) is 10.2 Å². The minimum absolute atomic E-state index is 0.0630. The van der Waals surface area contributed by atoms with Gasteiger partial charge in [-0.3, -0.25) is 4.90 Å². The summed E-state index contributed by atoms with van der Waals surface area (Å²) in [5.41, 5.74) is 1.91. The monoisotopic (exact) mass is 278 g/mol. The molecule has 0 aliphatic carbocycles. The van der Waals surface area contributed by atoms with Gasteiger partial charge in [0.05, 0.1) is 13.2 Å². The first-order valence-electron chi connectivity index (χ1n) is 7.62. The van der Waals surface area contributed by atoms with E-state index in [4.69, 9.17) is 4.74 Å². The highest BCUT2D eigenvalue weighted by atomic mass is 19.1. The van der Waals surface area contributed by atoms with Crippen LogP contribution in [0.15, 0.2) is 18.2 Å². The van der Waals surface area contributed by atoms with Crippen molar-refractivity contribution in [2.45, 2.75) is 31.8 Å². The normalized spacial score (nSPS) is 24.1. The van der Waals surface area contributed by atoms with Gasteiger partial charge in [0.15, 0.2) is 0 Å². The summed E-state index contributed by atoms with van der Waals surface area (Å²) in [5, 5.41) is 3.46. The van der Waals surface area contributed by atoms with Crippen LogP contribution in [-0.4, -0.2) is 43.8 Å². The van der Waals surface area contributed by atoms with Gasteiger partial charge in [0, 0.05) is 31.2 Å². The fourth-order valence-corrected chi connectivity index (χ4v) is 3.06. The highest BCUT2D eigenvalue weighted by molar-refractivity contribution is 5.25. The lowest BCUT2D eigenvalue weighted by Crippen LogP contribution is -2.35. The molecule has 0 radical (unpaired) electrons. The summed E-state index contributed by atoms with van der Waals surface area (Å²) < 4.78 is 19.5. The Bertz CT molecular complexity index is 440. The van der Waals surface area contributed by atoms with Gasteiger partial charge in [0.1, 0.15) is 5.82 Å². The van der Waals surface area contributed by atoms with Crippen LogP contribution in [0, 0.1) is 5.82 Å². The zero-order valence-corrected chi connectivity index (χ0v) is 11.9. The van der Waals surface area contributed by atoms with Crippen LogP contribution in [-0.2, 0) is 17.7 Å². The number of morpholine rings is 1. The van der Waals surface area contributed by atoms with Crippen molar-refractivity contribution in [3.05, 3.63) is 35.1 Å². The second kappa shape index (κ2) is 6.66. The van der Waals surface area contributed by atoms with E-state index in [1.165, 1.54) is 12.8 Å². The summed E-state index contributed by atoms with van der Waals surface area (Å²) >= 11 is 0. The molecule has 0 saturated carbocycles. The Morgan fingerprint density at radius 2 is 2.15 bits per heavy atom. The maximum atomic E-state index is 14.2. The number of nitrogens with zero attached hydrogens (tertiary/aromatic N) is 1. The zero-order chi connectivity index (χ0) is 13.8. The Morgan fingerprint density at radius 1 is 1.30 bits per heavy atom. The van der Waals surface area contributed by atoms with E-state index in [-0.39, 0.29) is 5.82 Å². The van der Waals surface area contributed by atoms with Gasteiger partial charge in [-0.05, 0) is 37.4 Å². The van der Waals surface area contributed by atoms with Crippen LogP contribution in [0.3, 0.4) is 0 Å². The minimum atomic E-state index is -0.0630. The van der Waals surface area contributed by atoms with Gasteiger partial charge in [-0.25, -0.2) is 4.39 Å². The smallest absolute Gasteiger partial charge is 0.127 e. The summed E-state index contributed by atoms with van der Waals surface area (Å²) in [5.74, 6) is -0.0630. The van der Waals surface area contributed by atoms with Crippen molar-refractivity contribution in [3.8, 4) is 0 Å². The third-order valence-corrected chi connectivity index (χ3v) is 4.26. The first kappa shape index (κ1) is 14.0. The predicted molar refractivity (Wildman–Crippen MR) is 77.2 cm³/mol. The summed E-state index contributed by atoms with van der Waals surface area (Å²) in [6.07, 6.45) is 3.38. The highest BCUT2D eigenvalue weighted by Gasteiger charge is 2.16. The number of nitrogens with one attached hydrogen (secondary N) is 1. The summed E-state index contributed by atoms with van der Waals surface area (Å²) in [6, 6.07) is 6.28. The molecular formula is C16H23FN2O. The Kier molecular flexibility index (Phi) is 4.65. The number of rotatable bonds is 4. The molecule has 1 unspecified atom stereocenters. The van der Waals surface area contributed by atoms with E-state index in [1.807, 2.05) is 6.07 Å². The first-order valence-corrected chi connectivity index (χ1v) is 7.62. The molecule has 1 aromatic rings. The summed E-state index contributed by atoms with van der Waals surface area (Å²) in [4.78, 5) is 2.25. The third-order valence-electron chi connectivity index (χ3n) is 4.26. The van der Waals surface area contributed by atoms with Crippen molar-refractivity contribution < 1.29 is 9.13 Å². The van der Waals surface area contributed by atoms with Crippen molar-refractivity contribution >= 4 is 0 Å². The zero-order valence-electron chi connectivity index (χ0n) is 11.9. The quantitative estimate of drug-likeness (QED) is 0.911. The van der Waals surface area contributed by atoms with Crippen molar-refractivity contribution in [1.29, 1.82) is 0 Å². The molecule has 2 fully saturated rings. The maximum Gasteiger partial charge on any atom is 0.127 e. The fourth-order valence-electron chi connectivity index (χ4n) is 3.06. The van der Waals surface area contributed by atoms with Crippen LogP contribution in [0.1, 0.15) is 24.0 Å². The van der Waals surface area contributed by atoms with E-state index in [0.29, 0.717) is 12.6 Å². The second-order valence-corrected chi connectivity index (χ2v) is 5.81. The van der Waals surface area contributed by atoms with Gasteiger partial charge in [-0.1, -0.05) is 12.1 Å². The van der Waals surface area contributed by atoms with Crippen molar-refractivity contribution in [2.75, 3.05) is 32.8 Å². The van der Waals surface area contributed by atoms with E-state index in [9.17, 15) is 4.39 Å². The van der Waals surface area contributed by atoms with Gasteiger partial charge in [-0.15, -0.1) is 0 Å². The van der Waals surface area contributed by atoms with Crippen LogP contribution in [0.5, 0.6) is 0 Å². The Labute approximate surface area is 120 Å². The largest absolute Gasteiger partial charge is 0.379 e. The molecular weight excluding hydrogens is 255 g/mol. The number of benzene rings is 1. The van der Waals surface area contributed by atoms with Crippen LogP contribution >= 0.6 is 0 Å². The van der Waals surface area contributed by atoms with E-state index >= 15 is 0 Å². The Balaban J connectivity index is 1.60. The second-order valence-electron chi connectivity index (χ2n) is 5.81. The molecule has 4 heteroatoms. The van der Waals surface area contributed by atoms with E-state index in [2.05, 4.69) is 16.3 Å². The maximum absolute atomic E-state index is 14.2. The lowest BCUT2D eigenvalue weighted by molar-refractivity contribution is 0.0337. The lowest BCUT2D eigenvalue weighted by atomic mass is 10.0. The van der Waals surface area contributed by atoms with E-state index in [1.54, 1.807) is 6.07 Å². The van der Waals surface area contributed by atoms with Crippen molar-refractivity contribution in [2.24, 2.45) is 0 Å². The van der Waals surface area contributed by atoms with Gasteiger partial charge in [-0.2, -0.15) is 0 Å². The molecule has 0 aromatic heterocycles. The molecule has 2 saturated heterocycles. The number of hydrogen-bond donors (Lipinski definition) is 1. The van der Waals surface area contributed by atoms with Gasteiger partial charge < -0.3 is 10.1 Å². The lowest BCUT2D eigenvalue weighted by Gasteiger charge is -2.26. The van der Waals surface area contributed by atoms with Gasteiger partial charge in [0.25, 0.3) is 0 Å². The topological polar surface area (TPSA) is 24.5 Å². The molecule has 3 nitrogen and oxygen atoms in total. The predicted octanol–water partition coefficient (Wildman–Crippen LogP) is 1.95. The molecule has 1 N–H and O–H groups in total. The molecule has 20 heavy (non-hydrogen) atoms. The van der Waals surface area contributed by atoms with Crippen molar-refractivity contribution in [3.63, 3.8) is 0 Å². The average Bonchev–Trinajstić information content (AvgIpc) is 2.96. The summed E-state index contributed by atoms with van der Waals surface area (Å²) in [7, 11) is 0. The molecule has 0 spiro atoms. The van der Waals surface area contributed by atoms with Crippen LogP contribution in [0.4, 0.5) is 4.39 Å². The number of hydrogen-bond acceptors (Lipinski definition) is 3. The molecule has 2 aliphatic rings. The SMILES string of the molecule is Fc1cc(CC2CCCN2)ccc1CN1CCOCC1. The number of ether oxygens (including phenoxy) is 1. The van der Waals surface area contributed by atoms with Crippen LogP contribution in [0.2, 0.25) is 0 Å². The molecule has 0 amide bonds. The Hall–Kier alpha value is -0.970. The third kappa shape index (κ3) is 3.57. The first-order chi connectivity index (χ1) is 9.81. The minimum Gasteiger partial charge on any atom is -0.379 e. The molecule has 2 aliphatic heterocycles. The van der Waals surface area contributed by atoms with E-state index in [0.717, 1.165) is 50.4 Å². The fraction of sp³-hybridized carbons (Fsp3) is 0.625. The molecule has 0 bridgehead atoms. The standard InChI is InChI=1S/C16H23FN2O/c17-16-11-13(10-15-2-1-5-18-15)3-4-14(16)12-19-6-8-20-9-7-19/h3-4,11,15,18H,1-2,5-10,12H2. The molecule has 3 rings (SSSR count). The van der Waals surface area contributed by atoms with E-state index < -0.39 is 0 Å². The molecule has 1 aromatic carbocycles.